The van der Waals surface area contributed by atoms with Crippen LogP contribution in [0.5, 0.6) is 0 Å². The molecule has 0 aromatic heterocycles. The van der Waals surface area contributed by atoms with Gasteiger partial charge in [-0.2, -0.15) is 0 Å². The van der Waals surface area contributed by atoms with E-state index >= 15 is 0 Å². The van der Waals surface area contributed by atoms with Crippen molar-refractivity contribution in [3.63, 3.8) is 0 Å². The van der Waals surface area contributed by atoms with Gasteiger partial charge in [0.15, 0.2) is 0 Å². The number of fused-ring (bicyclic) bond motifs is 15. The molecule has 0 amide bonds. The second kappa shape index (κ2) is 11.2. The van der Waals surface area contributed by atoms with Crippen LogP contribution in [0.1, 0.15) is 34.6 Å². The van der Waals surface area contributed by atoms with E-state index in [0.717, 1.165) is 58.9 Å². The first-order valence-corrected chi connectivity index (χ1v) is 10.9. The molecule has 0 radical (unpaired) electrons. The van der Waals surface area contributed by atoms with Crippen molar-refractivity contribution in [2.45, 2.75) is 34.6 Å². The number of hydrogen-bond acceptors (Lipinski definition) is 6. The van der Waals surface area contributed by atoms with Crippen molar-refractivity contribution in [2.24, 2.45) is 43.6 Å². The van der Waals surface area contributed by atoms with Gasteiger partial charge in [0, 0.05) is 106 Å². The van der Waals surface area contributed by atoms with E-state index in [1.54, 1.807) is 0 Å². The molecule has 0 aromatic carbocycles. The second-order valence-corrected chi connectivity index (χ2v) is 9.92. The van der Waals surface area contributed by atoms with E-state index in [2.05, 4.69) is 69.2 Å². The van der Waals surface area contributed by atoms with E-state index in [-0.39, 0.29) is 10.8 Å². The Morgan fingerprint density at radius 3 is 1.25 bits per heavy atom. The van der Waals surface area contributed by atoms with Crippen LogP contribution in [0.15, 0.2) is 15.0 Å². The van der Waals surface area contributed by atoms with Crippen molar-refractivity contribution in [3.8, 4) is 0 Å². The molecule has 0 saturated heterocycles. The number of rotatable bonds is 0. The molecule has 3 aliphatic heterocycles. The topological polar surface area (TPSA) is 73.2 Å². The third-order valence-electron chi connectivity index (χ3n) is 5.55. The van der Waals surface area contributed by atoms with Gasteiger partial charge >= 0.3 is 0 Å². The van der Waals surface area contributed by atoms with E-state index in [1.807, 2.05) is 0 Å². The molecule has 160 valence electrons. The summed E-state index contributed by atoms with van der Waals surface area (Å²) in [5, 5.41) is 11.0. The molecule has 0 saturated carbocycles. The van der Waals surface area contributed by atoms with Gasteiger partial charge in [0.25, 0.3) is 0 Å². The molecule has 3 heterocycles. The lowest BCUT2D eigenvalue weighted by Gasteiger charge is -2.32. The molecule has 2 bridgehead atoms. The number of aliphatic imine (C=N–C) groups is 3. The van der Waals surface area contributed by atoms with Crippen LogP contribution in [0.3, 0.4) is 0 Å². The molecular formula is C22H42N6. The summed E-state index contributed by atoms with van der Waals surface area (Å²) >= 11 is 0. The van der Waals surface area contributed by atoms with E-state index in [4.69, 9.17) is 15.0 Å². The summed E-state index contributed by atoms with van der Waals surface area (Å²) in [5.74, 6) is 1.26. The minimum atomic E-state index is -0.0380. The monoisotopic (exact) mass is 390 g/mol. The van der Waals surface area contributed by atoms with Crippen LogP contribution in [-0.4, -0.2) is 77.5 Å². The van der Waals surface area contributed by atoms with Gasteiger partial charge in [-0.3, -0.25) is 15.0 Å². The van der Waals surface area contributed by atoms with Gasteiger partial charge in [0.1, 0.15) is 0 Å². The van der Waals surface area contributed by atoms with Crippen LogP contribution >= 0.6 is 0 Å². The number of nitrogens with one attached hydrogen (secondary N) is 3. The zero-order chi connectivity index (χ0) is 20.5. The average Bonchev–Trinajstić information content (AvgIpc) is 2.60. The molecule has 0 spiro atoms. The third kappa shape index (κ3) is 8.50. The van der Waals surface area contributed by atoms with Gasteiger partial charge in [-0.25, -0.2) is 0 Å². The fourth-order valence-corrected chi connectivity index (χ4v) is 3.66. The maximum atomic E-state index is 4.78. The third-order valence-corrected chi connectivity index (χ3v) is 5.55. The summed E-state index contributed by atoms with van der Waals surface area (Å²) in [4.78, 5) is 14.4. The minimum absolute atomic E-state index is 0.0380. The Bertz CT molecular complexity index is 469. The Hall–Kier alpha value is -1.11. The first kappa shape index (κ1) is 23.2. The van der Waals surface area contributed by atoms with Gasteiger partial charge in [-0.15, -0.1) is 0 Å². The molecule has 6 nitrogen and oxygen atoms in total. The Kier molecular flexibility index (Phi) is 9.25. The Morgan fingerprint density at radius 2 is 0.929 bits per heavy atom. The lowest BCUT2D eigenvalue weighted by Crippen LogP contribution is -2.48. The molecule has 3 atom stereocenters. The maximum Gasteiger partial charge on any atom is 0.0474 e. The summed E-state index contributed by atoms with van der Waals surface area (Å²) < 4.78 is 0. The number of nitrogens with zero attached hydrogens (tertiary/aromatic N) is 3. The first-order chi connectivity index (χ1) is 13.3. The van der Waals surface area contributed by atoms with Crippen molar-refractivity contribution in [3.05, 3.63) is 0 Å². The molecule has 3 aliphatic rings. The highest BCUT2D eigenvalue weighted by Crippen LogP contribution is 2.19. The molecule has 0 aliphatic carbocycles. The molecule has 6 heteroatoms. The number of hydrogen-bond donors (Lipinski definition) is 3. The van der Waals surface area contributed by atoms with Crippen LogP contribution in [-0.2, 0) is 0 Å². The van der Waals surface area contributed by atoms with Crippen LogP contribution < -0.4 is 16.0 Å². The molecule has 3 rings (SSSR count). The van der Waals surface area contributed by atoms with Crippen LogP contribution in [0, 0.1) is 28.6 Å². The largest absolute Gasteiger partial charge is 0.315 e. The van der Waals surface area contributed by atoms with Gasteiger partial charge in [0.2, 0.25) is 0 Å². The normalized spacial score (nSPS) is 39.5. The van der Waals surface area contributed by atoms with Crippen molar-refractivity contribution >= 4 is 18.6 Å². The van der Waals surface area contributed by atoms with Crippen LogP contribution in [0.4, 0.5) is 0 Å². The highest BCUT2D eigenvalue weighted by molar-refractivity contribution is 5.62. The second-order valence-electron chi connectivity index (χ2n) is 9.92. The first-order valence-electron chi connectivity index (χ1n) is 10.9. The van der Waals surface area contributed by atoms with Crippen LogP contribution in [0.2, 0.25) is 0 Å². The summed E-state index contributed by atoms with van der Waals surface area (Å²) in [6, 6.07) is 0. The van der Waals surface area contributed by atoms with E-state index < -0.39 is 0 Å². The maximum absolute atomic E-state index is 4.78. The van der Waals surface area contributed by atoms with E-state index in [0.29, 0.717) is 17.8 Å². The highest BCUT2D eigenvalue weighted by atomic mass is 15.0. The average molecular weight is 391 g/mol. The Morgan fingerprint density at radius 1 is 0.607 bits per heavy atom. The molecule has 3 N–H and O–H groups in total. The van der Waals surface area contributed by atoms with E-state index in [9.17, 15) is 0 Å². The zero-order valence-corrected chi connectivity index (χ0v) is 18.7. The summed E-state index contributed by atoms with van der Waals surface area (Å²) in [5.41, 5.74) is 0.112. The summed E-state index contributed by atoms with van der Waals surface area (Å²) in [7, 11) is 0. The highest BCUT2D eigenvalue weighted by Gasteiger charge is 2.26. The Balaban J connectivity index is 2.28. The molecule has 0 aromatic rings. The van der Waals surface area contributed by atoms with E-state index in [1.165, 1.54) is 0 Å². The van der Waals surface area contributed by atoms with Gasteiger partial charge in [0.05, 0.1) is 0 Å². The molecular weight excluding hydrogens is 348 g/mol. The molecule has 3 unspecified atom stereocenters. The van der Waals surface area contributed by atoms with Gasteiger partial charge < -0.3 is 16.0 Å². The Labute approximate surface area is 172 Å². The fraction of sp³-hybridized carbons (Fsp3) is 0.864. The van der Waals surface area contributed by atoms with Gasteiger partial charge in [-0.05, 0) is 0 Å². The van der Waals surface area contributed by atoms with Crippen molar-refractivity contribution in [1.29, 1.82) is 0 Å². The van der Waals surface area contributed by atoms with Crippen LogP contribution in [0.25, 0.3) is 0 Å². The summed E-state index contributed by atoms with van der Waals surface area (Å²) in [6.45, 7) is 19.4. The fourth-order valence-electron chi connectivity index (χ4n) is 3.66. The van der Waals surface area contributed by atoms with Crippen molar-refractivity contribution in [2.75, 3.05) is 58.9 Å². The predicted molar refractivity (Wildman–Crippen MR) is 122 cm³/mol. The standard InChI is InChI=1S/C22H42N6/c1-18-6-23-12-21(4)14-25-8-19(2)9-26-15-22(5,13-24-7-18)17-28-11-20(3)10-27-16-21/h6,8,10,18-20,24,26,28H,7,9,11-17H2,1-5H3. The minimum Gasteiger partial charge on any atom is -0.315 e. The lowest BCUT2D eigenvalue weighted by atomic mass is 9.89. The summed E-state index contributed by atoms with van der Waals surface area (Å²) in [6.07, 6.45) is 6.32. The van der Waals surface area contributed by atoms with Gasteiger partial charge in [-0.1, -0.05) is 34.6 Å². The SMILES string of the molecule is CC1C=NCC2(C)CN=CC(C)CNCC(C)(CNC1)CNCC(C)C=NC2. The molecule has 28 heavy (non-hydrogen) atoms. The smallest absolute Gasteiger partial charge is 0.0474 e. The zero-order valence-electron chi connectivity index (χ0n) is 18.7. The van der Waals surface area contributed by atoms with Crippen molar-refractivity contribution in [1.82, 2.24) is 16.0 Å². The predicted octanol–water partition coefficient (Wildman–Crippen LogP) is 1.92. The quantitative estimate of drug-likeness (QED) is 0.592. The lowest BCUT2D eigenvalue weighted by molar-refractivity contribution is 0.269. The molecule has 0 fully saturated rings. The van der Waals surface area contributed by atoms with Crippen molar-refractivity contribution < 1.29 is 0 Å².